The van der Waals surface area contributed by atoms with Gasteiger partial charge in [0.15, 0.2) is 0 Å². The first kappa shape index (κ1) is 24.1. The Kier molecular flexibility index (Phi) is 6.11. The number of carbonyl (C=O) groups excluding carboxylic acids is 1. The minimum atomic E-state index is -4.57. The molecule has 1 aliphatic rings. The number of amides is 1. The molecule has 0 unspecified atom stereocenters. The molecule has 2 heterocycles. The van der Waals surface area contributed by atoms with E-state index in [1.807, 2.05) is 19.9 Å². The van der Waals surface area contributed by atoms with Crippen LogP contribution in [0.4, 0.5) is 24.8 Å². The summed E-state index contributed by atoms with van der Waals surface area (Å²) in [5.41, 5.74) is 4.92. The molecule has 1 saturated carbocycles. The van der Waals surface area contributed by atoms with Crippen LogP contribution in [0, 0.1) is 12.3 Å². The lowest BCUT2D eigenvalue weighted by Crippen LogP contribution is -2.42. The first-order valence-corrected chi connectivity index (χ1v) is 11.5. The van der Waals surface area contributed by atoms with Gasteiger partial charge in [-0.1, -0.05) is 13.0 Å². The SMILES string of the molecule is Cc1cc(Nc2nccc(C(F)(F)F)n2)cc(-c2cnc([C@]3(O)CC[C@](C)(C(N)=O)CC3)s2)c1. The maximum Gasteiger partial charge on any atom is 0.433 e. The van der Waals surface area contributed by atoms with Gasteiger partial charge >= 0.3 is 6.18 Å². The second kappa shape index (κ2) is 8.62. The van der Waals surface area contributed by atoms with Gasteiger partial charge in [0.25, 0.3) is 0 Å². The number of carbonyl (C=O) groups is 1. The van der Waals surface area contributed by atoms with E-state index < -0.39 is 22.9 Å². The number of alkyl halides is 3. The minimum Gasteiger partial charge on any atom is -0.383 e. The van der Waals surface area contributed by atoms with E-state index >= 15 is 0 Å². The van der Waals surface area contributed by atoms with Gasteiger partial charge in [0, 0.05) is 23.5 Å². The molecule has 2 aromatic heterocycles. The van der Waals surface area contributed by atoms with E-state index in [9.17, 15) is 23.1 Å². The predicted octanol–water partition coefficient (Wildman–Crippen LogP) is 4.92. The van der Waals surface area contributed by atoms with E-state index in [2.05, 4.69) is 20.3 Å². The van der Waals surface area contributed by atoms with E-state index in [0.29, 0.717) is 36.4 Å². The molecule has 34 heavy (non-hydrogen) atoms. The summed E-state index contributed by atoms with van der Waals surface area (Å²) in [6, 6.07) is 6.27. The van der Waals surface area contributed by atoms with Crippen LogP contribution in [-0.4, -0.2) is 26.0 Å². The van der Waals surface area contributed by atoms with Crippen molar-refractivity contribution in [2.75, 3.05) is 5.32 Å². The topological polar surface area (TPSA) is 114 Å². The summed E-state index contributed by atoms with van der Waals surface area (Å²) in [4.78, 5) is 24.4. The lowest BCUT2D eigenvalue weighted by molar-refractivity contribution is -0.141. The number of nitrogens with one attached hydrogen (secondary N) is 1. The van der Waals surface area contributed by atoms with Gasteiger partial charge in [-0.25, -0.2) is 15.0 Å². The third-order valence-corrected chi connectivity index (χ3v) is 7.48. The highest BCUT2D eigenvalue weighted by Crippen LogP contribution is 2.47. The number of nitrogens with zero attached hydrogens (tertiary/aromatic N) is 3. The number of aliphatic hydroxyl groups is 1. The molecule has 0 saturated heterocycles. The number of benzene rings is 1. The molecule has 1 amide bonds. The van der Waals surface area contributed by atoms with Crippen LogP contribution in [0.25, 0.3) is 10.4 Å². The fourth-order valence-corrected chi connectivity index (χ4v) is 5.05. The molecule has 7 nitrogen and oxygen atoms in total. The zero-order valence-electron chi connectivity index (χ0n) is 18.6. The molecule has 0 atom stereocenters. The van der Waals surface area contributed by atoms with E-state index in [4.69, 9.17) is 5.73 Å². The molecule has 4 N–H and O–H groups in total. The molecule has 0 bridgehead atoms. The summed E-state index contributed by atoms with van der Waals surface area (Å²) in [5, 5.41) is 14.6. The molecular weight excluding hydrogens is 467 g/mol. The quantitative estimate of drug-likeness (QED) is 0.467. The van der Waals surface area contributed by atoms with Gasteiger partial charge in [0.2, 0.25) is 11.9 Å². The number of rotatable bonds is 5. The van der Waals surface area contributed by atoms with Crippen LogP contribution in [0.5, 0.6) is 0 Å². The van der Waals surface area contributed by atoms with Crippen molar-refractivity contribution < 1.29 is 23.1 Å². The van der Waals surface area contributed by atoms with E-state index in [1.54, 1.807) is 18.3 Å². The van der Waals surface area contributed by atoms with Gasteiger partial charge in [0.1, 0.15) is 16.3 Å². The Balaban J connectivity index is 1.56. The number of primary amides is 1. The van der Waals surface area contributed by atoms with Gasteiger partial charge in [-0.3, -0.25) is 4.79 Å². The third kappa shape index (κ3) is 4.90. The van der Waals surface area contributed by atoms with Gasteiger partial charge < -0.3 is 16.2 Å². The maximum atomic E-state index is 13.0. The Bertz CT molecular complexity index is 1220. The average molecular weight is 492 g/mol. The van der Waals surface area contributed by atoms with E-state index in [0.717, 1.165) is 28.3 Å². The van der Waals surface area contributed by atoms with Gasteiger partial charge in [0.05, 0.1) is 4.88 Å². The second-order valence-electron chi connectivity index (χ2n) is 8.96. The average Bonchev–Trinajstić information content (AvgIpc) is 3.26. The van der Waals surface area contributed by atoms with E-state index in [1.165, 1.54) is 11.3 Å². The standard InChI is InChI=1S/C23H24F3N5O2S/c1-13-9-14(11-15(10-13)30-20-28-8-3-17(31-20)23(24,25)26)16-12-29-19(34-16)22(33)6-4-21(2,5-7-22)18(27)32/h3,8-12,33H,4-7H2,1-2H3,(H2,27,32)(H,28,30,31)/t21-,22-. The number of anilines is 2. The van der Waals surface area contributed by atoms with Crippen molar-refractivity contribution in [3.05, 3.63) is 52.9 Å². The Morgan fingerprint density at radius 3 is 2.53 bits per heavy atom. The lowest BCUT2D eigenvalue weighted by atomic mass is 9.69. The first-order chi connectivity index (χ1) is 15.9. The van der Waals surface area contributed by atoms with Crippen LogP contribution in [0.2, 0.25) is 0 Å². The number of hydrogen-bond acceptors (Lipinski definition) is 7. The molecule has 0 aliphatic heterocycles. The van der Waals surface area contributed by atoms with Gasteiger partial charge in [-0.15, -0.1) is 11.3 Å². The fourth-order valence-electron chi connectivity index (χ4n) is 4.00. The van der Waals surface area contributed by atoms with Crippen molar-refractivity contribution in [1.82, 2.24) is 15.0 Å². The molecule has 0 spiro atoms. The molecule has 1 aromatic carbocycles. The van der Waals surface area contributed by atoms with Crippen molar-refractivity contribution in [3.8, 4) is 10.4 Å². The summed E-state index contributed by atoms with van der Waals surface area (Å²) in [6.45, 7) is 3.68. The van der Waals surface area contributed by atoms with Gasteiger partial charge in [-0.05, 0) is 61.9 Å². The normalized spacial score (nSPS) is 23.0. The first-order valence-electron chi connectivity index (χ1n) is 10.7. The predicted molar refractivity (Wildman–Crippen MR) is 122 cm³/mol. The van der Waals surface area contributed by atoms with Crippen LogP contribution in [0.3, 0.4) is 0 Å². The van der Waals surface area contributed by atoms with Crippen LogP contribution in [0.15, 0.2) is 36.7 Å². The molecule has 1 fully saturated rings. The highest BCUT2D eigenvalue weighted by molar-refractivity contribution is 7.15. The molecule has 180 valence electrons. The monoisotopic (exact) mass is 491 g/mol. The van der Waals surface area contributed by atoms with Crippen LogP contribution in [0.1, 0.15) is 48.9 Å². The minimum absolute atomic E-state index is 0.162. The summed E-state index contributed by atoms with van der Waals surface area (Å²) >= 11 is 1.34. The van der Waals surface area contributed by atoms with Crippen LogP contribution in [-0.2, 0) is 16.6 Å². The van der Waals surface area contributed by atoms with Crippen molar-refractivity contribution in [3.63, 3.8) is 0 Å². The molecule has 3 aromatic rings. The van der Waals surface area contributed by atoms with Crippen LogP contribution < -0.4 is 11.1 Å². The smallest absolute Gasteiger partial charge is 0.383 e. The molecular formula is C23H24F3N5O2S. The molecule has 1 aliphatic carbocycles. The second-order valence-corrected chi connectivity index (χ2v) is 9.99. The number of hydrogen-bond donors (Lipinski definition) is 3. The molecule has 11 heteroatoms. The highest BCUT2D eigenvalue weighted by atomic mass is 32.1. The highest BCUT2D eigenvalue weighted by Gasteiger charge is 2.44. The summed E-state index contributed by atoms with van der Waals surface area (Å²) < 4.78 is 38.9. The Morgan fingerprint density at radius 2 is 1.88 bits per heavy atom. The fraction of sp³-hybridized carbons (Fsp3) is 0.391. The van der Waals surface area contributed by atoms with Crippen molar-refractivity contribution in [2.24, 2.45) is 11.1 Å². The number of halogens is 3. The third-order valence-electron chi connectivity index (χ3n) is 6.24. The Labute approximate surface area is 198 Å². The lowest BCUT2D eigenvalue weighted by Gasteiger charge is -2.39. The summed E-state index contributed by atoms with van der Waals surface area (Å²) in [6.07, 6.45) is -0.131. The molecule has 4 rings (SSSR count). The largest absolute Gasteiger partial charge is 0.433 e. The summed E-state index contributed by atoms with van der Waals surface area (Å²) in [5.74, 6) is -0.524. The summed E-state index contributed by atoms with van der Waals surface area (Å²) in [7, 11) is 0. The van der Waals surface area contributed by atoms with Crippen LogP contribution >= 0.6 is 11.3 Å². The maximum absolute atomic E-state index is 13.0. The zero-order valence-corrected chi connectivity index (χ0v) is 19.4. The molecule has 0 radical (unpaired) electrons. The number of nitrogens with two attached hydrogens (primary N) is 1. The number of aromatic nitrogens is 3. The Hall–Kier alpha value is -3.05. The Morgan fingerprint density at radius 1 is 1.18 bits per heavy atom. The number of thiazole rings is 1. The van der Waals surface area contributed by atoms with Crippen molar-refractivity contribution in [2.45, 2.75) is 51.3 Å². The number of aryl methyl sites for hydroxylation is 1. The van der Waals surface area contributed by atoms with E-state index in [-0.39, 0.29) is 11.9 Å². The van der Waals surface area contributed by atoms with Gasteiger partial charge in [-0.2, -0.15) is 13.2 Å². The zero-order chi connectivity index (χ0) is 24.7. The van der Waals surface area contributed by atoms with Crippen molar-refractivity contribution in [1.29, 1.82) is 0 Å². The van der Waals surface area contributed by atoms with Crippen molar-refractivity contribution >= 4 is 28.9 Å².